The molecule has 0 N–H and O–H groups in total. The molecule has 2 heterocycles. The summed E-state index contributed by atoms with van der Waals surface area (Å²) < 4.78 is 4.34. The Hall–Kier alpha value is -7.39. The number of fused-ring (bicyclic) bond motifs is 9. The van der Waals surface area contributed by atoms with Gasteiger partial charge in [-0.2, -0.15) is 5.26 Å². The van der Waals surface area contributed by atoms with Gasteiger partial charge in [0.15, 0.2) is 5.69 Å². The summed E-state index contributed by atoms with van der Waals surface area (Å²) in [5, 5.41) is 15.1. The van der Waals surface area contributed by atoms with Crippen molar-refractivity contribution in [2.75, 3.05) is 0 Å². The van der Waals surface area contributed by atoms with E-state index >= 15 is 0 Å². The maximum absolute atomic E-state index is 10.8. The van der Waals surface area contributed by atoms with Crippen molar-refractivity contribution in [2.45, 2.75) is 19.3 Å². The Kier molecular flexibility index (Phi) is 6.35. The molecule has 1 aliphatic carbocycles. The van der Waals surface area contributed by atoms with E-state index in [1.165, 1.54) is 22.3 Å². The third kappa shape index (κ3) is 4.10. The molecule has 5 nitrogen and oxygen atoms in total. The van der Waals surface area contributed by atoms with Gasteiger partial charge < -0.3 is 9.13 Å². The van der Waals surface area contributed by atoms with Gasteiger partial charge in [-0.1, -0.05) is 117 Å². The summed E-state index contributed by atoms with van der Waals surface area (Å²) in [6.07, 6.45) is 0. The molecule has 10 rings (SSSR count). The monoisotopic (exact) mass is 675 g/mol. The quantitative estimate of drug-likeness (QED) is 0.172. The Morgan fingerprint density at radius 3 is 1.79 bits per heavy atom. The highest BCUT2D eigenvalue weighted by molar-refractivity contribution is 6.13. The lowest BCUT2D eigenvalue weighted by Crippen LogP contribution is -2.15. The molecule has 246 valence electrons. The van der Waals surface area contributed by atoms with Crippen molar-refractivity contribution in [3.8, 4) is 39.7 Å². The van der Waals surface area contributed by atoms with Crippen molar-refractivity contribution >= 4 is 55.0 Å². The van der Waals surface area contributed by atoms with E-state index in [1.807, 2.05) is 48.5 Å². The van der Waals surface area contributed by atoms with Crippen molar-refractivity contribution in [2.24, 2.45) is 0 Å². The van der Waals surface area contributed by atoms with Gasteiger partial charge >= 0.3 is 0 Å². The number of nitriles is 1. The van der Waals surface area contributed by atoms with Crippen LogP contribution in [0.2, 0.25) is 0 Å². The molecule has 0 radical (unpaired) electrons. The van der Waals surface area contributed by atoms with E-state index in [0.717, 1.165) is 54.9 Å². The van der Waals surface area contributed by atoms with Crippen LogP contribution in [0, 0.1) is 24.5 Å². The molecule has 0 saturated carbocycles. The molecule has 53 heavy (non-hydrogen) atoms. The standard InChI is InChI=1S/C48H29N5/c1-48(2)37-17-9-5-13-31(37)35-26-36-34-16-8-12-20-43(34)53(44(36)27-38(35)48)47-30(28-49)22-24-40(51-4)46(47)29-21-23-39(50-3)45(25-29)52-41-18-10-6-14-32(41)33-15-7-11-19-42(33)52/h5-27H,1-2H3. The van der Waals surface area contributed by atoms with E-state index in [9.17, 15) is 5.26 Å². The molecule has 1 aliphatic rings. The fourth-order valence-corrected chi connectivity index (χ4v) is 8.82. The number of hydrogen-bond acceptors (Lipinski definition) is 1. The van der Waals surface area contributed by atoms with Crippen molar-refractivity contribution in [1.82, 2.24) is 9.13 Å². The first-order valence-corrected chi connectivity index (χ1v) is 17.6. The highest BCUT2D eigenvalue weighted by Gasteiger charge is 2.36. The van der Waals surface area contributed by atoms with Crippen molar-refractivity contribution in [3.63, 3.8) is 0 Å². The molecule has 0 bridgehead atoms. The van der Waals surface area contributed by atoms with Crippen LogP contribution < -0.4 is 0 Å². The van der Waals surface area contributed by atoms with Crippen molar-refractivity contribution in [3.05, 3.63) is 179 Å². The van der Waals surface area contributed by atoms with E-state index in [4.69, 9.17) is 13.1 Å². The number of rotatable bonds is 3. The second-order valence-electron chi connectivity index (χ2n) is 14.2. The summed E-state index contributed by atoms with van der Waals surface area (Å²) >= 11 is 0. The highest BCUT2D eigenvalue weighted by Crippen LogP contribution is 2.52. The Morgan fingerprint density at radius 2 is 1.13 bits per heavy atom. The number of para-hydroxylation sites is 3. The molecule has 7 aromatic carbocycles. The first kappa shape index (κ1) is 30.4. The average Bonchev–Trinajstić information content (AvgIpc) is 3.79. The summed E-state index contributed by atoms with van der Waals surface area (Å²) in [5.41, 5.74) is 12.9. The van der Waals surface area contributed by atoms with Gasteiger partial charge in [-0.3, -0.25) is 0 Å². The molecule has 0 aliphatic heterocycles. The van der Waals surface area contributed by atoms with Crippen molar-refractivity contribution in [1.29, 1.82) is 5.26 Å². The summed E-state index contributed by atoms with van der Waals surface area (Å²) in [6.45, 7) is 21.2. The fraction of sp³-hybridized carbons (Fsp3) is 0.0625. The molecule has 9 aromatic rings. The molecule has 0 unspecified atom stereocenters. The van der Waals surface area contributed by atoms with Crippen LogP contribution in [0.3, 0.4) is 0 Å². The molecule has 0 amide bonds. The Morgan fingerprint density at radius 1 is 0.547 bits per heavy atom. The van der Waals surface area contributed by atoms with Gasteiger partial charge in [-0.15, -0.1) is 0 Å². The van der Waals surface area contributed by atoms with Crippen LogP contribution in [0.15, 0.2) is 140 Å². The lowest BCUT2D eigenvalue weighted by atomic mass is 9.82. The summed E-state index contributed by atoms with van der Waals surface area (Å²) in [7, 11) is 0. The van der Waals surface area contributed by atoms with E-state index in [-0.39, 0.29) is 5.41 Å². The molecule has 2 aromatic heterocycles. The normalized spacial score (nSPS) is 12.8. The Labute approximate surface area is 306 Å². The molecule has 0 atom stereocenters. The fourth-order valence-electron chi connectivity index (χ4n) is 8.82. The van der Waals surface area contributed by atoms with Gasteiger partial charge in [0, 0.05) is 32.5 Å². The molecule has 0 saturated heterocycles. The van der Waals surface area contributed by atoms with Gasteiger partial charge in [0.2, 0.25) is 5.69 Å². The van der Waals surface area contributed by atoms with E-state index in [1.54, 1.807) is 12.1 Å². The second-order valence-corrected chi connectivity index (χ2v) is 14.2. The van der Waals surface area contributed by atoms with Gasteiger partial charge in [-0.25, -0.2) is 9.69 Å². The first-order chi connectivity index (χ1) is 25.9. The molecule has 0 fully saturated rings. The van der Waals surface area contributed by atoms with Gasteiger partial charge in [0.05, 0.1) is 52.1 Å². The topological polar surface area (TPSA) is 42.4 Å². The summed E-state index contributed by atoms with van der Waals surface area (Å²) in [6, 6.07) is 49.9. The van der Waals surface area contributed by atoms with Crippen LogP contribution in [-0.2, 0) is 5.41 Å². The van der Waals surface area contributed by atoms with Crippen LogP contribution in [0.5, 0.6) is 0 Å². The third-order valence-corrected chi connectivity index (χ3v) is 11.2. The smallest absolute Gasteiger partial charge is 0.210 e. The zero-order valence-corrected chi connectivity index (χ0v) is 29.0. The SMILES string of the molecule is [C-]#[N+]c1ccc(-c2c([N+]#[C-])ccc(C#N)c2-n2c3ccccc3c3cc4c(cc32)C(C)(C)c2ccccc2-4)cc1-n1c2ccccc2c2ccccc21. The Bertz CT molecular complexity index is 3130. The van der Waals surface area contributed by atoms with Crippen LogP contribution >= 0.6 is 0 Å². The largest absolute Gasteiger partial charge is 0.319 e. The second kappa shape index (κ2) is 11.1. The molecular weight excluding hydrogens is 647 g/mol. The molecular formula is C48H29N5. The van der Waals surface area contributed by atoms with Crippen LogP contribution in [0.1, 0.15) is 30.5 Å². The average molecular weight is 676 g/mol. The highest BCUT2D eigenvalue weighted by atomic mass is 15.0. The van der Waals surface area contributed by atoms with Crippen LogP contribution in [0.25, 0.3) is 86.9 Å². The minimum Gasteiger partial charge on any atom is -0.319 e. The number of benzene rings is 7. The maximum atomic E-state index is 10.8. The first-order valence-electron chi connectivity index (χ1n) is 17.6. The lowest BCUT2D eigenvalue weighted by Gasteiger charge is -2.22. The minimum atomic E-state index is -0.229. The zero-order chi connectivity index (χ0) is 36.0. The van der Waals surface area contributed by atoms with E-state index < -0.39 is 0 Å². The van der Waals surface area contributed by atoms with Crippen LogP contribution in [0.4, 0.5) is 11.4 Å². The summed E-state index contributed by atoms with van der Waals surface area (Å²) in [4.78, 5) is 8.04. The van der Waals surface area contributed by atoms with Gasteiger partial charge in [-0.05, 0) is 64.2 Å². The summed E-state index contributed by atoms with van der Waals surface area (Å²) in [5.74, 6) is 0. The van der Waals surface area contributed by atoms with Gasteiger partial charge in [0.1, 0.15) is 6.07 Å². The molecule has 0 spiro atoms. The van der Waals surface area contributed by atoms with Crippen LogP contribution in [-0.4, -0.2) is 9.13 Å². The third-order valence-electron chi connectivity index (χ3n) is 11.2. The Balaban J connectivity index is 1.32. The zero-order valence-electron chi connectivity index (χ0n) is 29.0. The minimum absolute atomic E-state index is 0.229. The number of hydrogen-bond donors (Lipinski definition) is 0. The maximum Gasteiger partial charge on any atom is 0.210 e. The van der Waals surface area contributed by atoms with Gasteiger partial charge in [0.25, 0.3) is 0 Å². The van der Waals surface area contributed by atoms with Crippen molar-refractivity contribution < 1.29 is 0 Å². The number of nitrogens with zero attached hydrogens (tertiary/aromatic N) is 5. The number of aromatic nitrogens is 2. The predicted octanol–water partition coefficient (Wildman–Crippen LogP) is 12.8. The van der Waals surface area contributed by atoms with E-state index in [0.29, 0.717) is 28.2 Å². The van der Waals surface area contributed by atoms with E-state index in [2.05, 4.69) is 118 Å². The lowest BCUT2D eigenvalue weighted by molar-refractivity contribution is 0.661. The predicted molar refractivity (Wildman–Crippen MR) is 215 cm³/mol. The molecule has 5 heteroatoms.